The molecule has 4 nitrogen and oxygen atoms in total. The Labute approximate surface area is 356 Å². The number of anilines is 6. The molecule has 0 fully saturated rings. The van der Waals surface area contributed by atoms with Crippen LogP contribution in [0.1, 0.15) is 26.3 Å². The number of rotatable bonds is 5. The van der Waals surface area contributed by atoms with Gasteiger partial charge in [0.05, 0.1) is 11.0 Å². The van der Waals surface area contributed by atoms with Gasteiger partial charge in [0.25, 0.3) is 6.71 Å². The summed E-state index contributed by atoms with van der Waals surface area (Å²) in [5.74, 6) is 1.81. The van der Waals surface area contributed by atoms with Gasteiger partial charge in [0.2, 0.25) is 0 Å². The van der Waals surface area contributed by atoms with Gasteiger partial charge in [-0.05, 0) is 141 Å². The molecule has 61 heavy (non-hydrogen) atoms. The maximum atomic E-state index is 6.99. The molecule has 12 rings (SSSR count). The van der Waals surface area contributed by atoms with Crippen LogP contribution in [0.15, 0.2) is 200 Å². The molecule has 0 aliphatic carbocycles. The Kier molecular flexibility index (Phi) is 7.86. The van der Waals surface area contributed by atoms with Gasteiger partial charge in [0, 0.05) is 50.6 Å². The quantitative estimate of drug-likeness (QED) is 0.162. The van der Waals surface area contributed by atoms with Crippen LogP contribution in [-0.4, -0.2) is 11.3 Å². The number of benzene rings is 9. The van der Waals surface area contributed by atoms with E-state index >= 15 is 0 Å². The zero-order chi connectivity index (χ0) is 40.8. The third kappa shape index (κ3) is 5.61. The Bertz CT molecular complexity index is 3320. The zero-order valence-electron chi connectivity index (χ0n) is 34.4. The van der Waals surface area contributed by atoms with E-state index in [4.69, 9.17) is 4.74 Å². The summed E-state index contributed by atoms with van der Waals surface area (Å²) in [6, 6.07) is 72.9. The fourth-order valence-corrected chi connectivity index (χ4v) is 9.86. The van der Waals surface area contributed by atoms with Crippen LogP contribution in [0, 0.1) is 0 Å². The zero-order valence-corrected chi connectivity index (χ0v) is 34.4. The largest absolute Gasteiger partial charge is 0.458 e. The minimum Gasteiger partial charge on any atom is -0.458 e. The average molecular weight is 784 g/mol. The Balaban J connectivity index is 1.07. The first-order chi connectivity index (χ1) is 29.9. The van der Waals surface area contributed by atoms with Crippen molar-refractivity contribution in [2.75, 3.05) is 9.80 Å². The molecule has 0 saturated carbocycles. The van der Waals surface area contributed by atoms with Gasteiger partial charge in [-0.15, -0.1) is 0 Å². The summed E-state index contributed by atoms with van der Waals surface area (Å²) in [5.41, 5.74) is 15.3. The molecule has 2 aliphatic heterocycles. The van der Waals surface area contributed by atoms with Crippen molar-refractivity contribution in [3.8, 4) is 17.2 Å². The smallest absolute Gasteiger partial charge is 0.256 e. The second kappa shape index (κ2) is 13.5. The molecular formula is C56H42BN3O. The molecule has 0 N–H and O–H groups in total. The fraction of sp³-hybridized carbons (Fsp3) is 0.0714. The normalized spacial score (nSPS) is 12.9. The van der Waals surface area contributed by atoms with E-state index < -0.39 is 0 Å². The molecule has 0 spiro atoms. The van der Waals surface area contributed by atoms with E-state index in [-0.39, 0.29) is 12.1 Å². The highest BCUT2D eigenvalue weighted by Gasteiger charge is 2.42. The molecule has 9 aromatic carbocycles. The molecule has 5 heteroatoms. The van der Waals surface area contributed by atoms with Crippen LogP contribution in [0.5, 0.6) is 11.5 Å². The van der Waals surface area contributed by atoms with Gasteiger partial charge in [-0.2, -0.15) is 0 Å². The Morgan fingerprint density at radius 1 is 0.459 bits per heavy atom. The van der Waals surface area contributed by atoms with E-state index in [1.54, 1.807) is 0 Å². The van der Waals surface area contributed by atoms with E-state index in [2.05, 4.69) is 235 Å². The summed E-state index contributed by atoms with van der Waals surface area (Å²) >= 11 is 0. The lowest BCUT2D eigenvalue weighted by Gasteiger charge is -2.39. The van der Waals surface area contributed by atoms with Gasteiger partial charge in [0.1, 0.15) is 11.5 Å². The van der Waals surface area contributed by atoms with Crippen LogP contribution in [0.4, 0.5) is 34.1 Å². The highest BCUT2D eigenvalue weighted by atomic mass is 16.5. The van der Waals surface area contributed by atoms with Crippen molar-refractivity contribution < 1.29 is 4.74 Å². The van der Waals surface area contributed by atoms with Crippen molar-refractivity contribution in [1.82, 2.24) is 4.57 Å². The Hall–Kier alpha value is -7.50. The molecule has 0 radical (unpaired) electrons. The van der Waals surface area contributed by atoms with Crippen molar-refractivity contribution in [1.29, 1.82) is 0 Å². The monoisotopic (exact) mass is 783 g/mol. The van der Waals surface area contributed by atoms with Crippen LogP contribution >= 0.6 is 0 Å². The average Bonchev–Trinajstić information content (AvgIpc) is 3.60. The summed E-state index contributed by atoms with van der Waals surface area (Å²) in [6.45, 7) is 6.80. The van der Waals surface area contributed by atoms with Crippen molar-refractivity contribution in [3.05, 3.63) is 206 Å². The van der Waals surface area contributed by atoms with E-state index in [9.17, 15) is 0 Å². The highest BCUT2D eigenvalue weighted by Crippen LogP contribution is 2.44. The second-order valence-corrected chi connectivity index (χ2v) is 17.4. The van der Waals surface area contributed by atoms with Crippen molar-refractivity contribution in [2.45, 2.75) is 26.2 Å². The molecule has 0 unspecified atom stereocenters. The third-order valence-electron chi connectivity index (χ3n) is 12.7. The molecule has 2 aliphatic rings. The third-order valence-corrected chi connectivity index (χ3v) is 12.7. The minimum absolute atomic E-state index is 0.000752. The lowest BCUT2D eigenvalue weighted by molar-refractivity contribution is 0.488. The van der Waals surface area contributed by atoms with Crippen molar-refractivity contribution >= 4 is 89.8 Å². The molecular weight excluding hydrogens is 741 g/mol. The van der Waals surface area contributed by atoms with Crippen molar-refractivity contribution in [2.24, 2.45) is 0 Å². The Morgan fingerprint density at radius 3 is 1.84 bits per heavy atom. The Morgan fingerprint density at radius 2 is 1.08 bits per heavy atom. The first-order valence-corrected chi connectivity index (χ1v) is 21.2. The number of nitrogens with zero attached hydrogens (tertiary/aromatic N) is 3. The summed E-state index contributed by atoms with van der Waals surface area (Å²) < 4.78 is 9.44. The van der Waals surface area contributed by atoms with Crippen LogP contribution in [0.2, 0.25) is 0 Å². The summed E-state index contributed by atoms with van der Waals surface area (Å²) in [4.78, 5) is 4.75. The molecule has 0 amide bonds. The molecule has 0 saturated heterocycles. The first kappa shape index (κ1) is 35.4. The van der Waals surface area contributed by atoms with E-state index in [1.807, 2.05) is 0 Å². The highest BCUT2D eigenvalue weighted by molar-refractivity contribution is 6.99. The second-order valence-electron chi connectivity index (χ2n) is 17.4. The standard InChI is InChI=1S/C56H42BN3O/c1-56(2,3)39-27-30-43(31-28-39)58(40-16-7-4-8-17-40)44-29-26-37-33-45-46-35-54-48(36-52(46)60(42-20-11-6-12-21-42)51(45)34-38(37)32-44)57-47-22-13-14-23-49(47)59(41-18-9-5-10-19-41)50-24-15-25-53(61-54)55(50)57/h4-36H,1-3H3. The van der Waals surface area contributed by atoms with E-state index in [1.165, 1.54) is 49.2 Å². The number of hydrogen-bond donors (Lipinski definition) is 0. The molecule has 3 heterocycles. The summed E-state index contributed by atoms with van der Waals surface area (Å²) in [6.07, 6.45) is 0. The van der Waals surface area contributed by atoms with Crippen LogP contribution in [0.25, 0.3) is 38.3 Å². The number of ether oxygens (including phenoxy) is 1. The molecule has 1 aromatic heterocycles. The van der Waals surface area contributed by atoms with Gasteiger partial charge in [-0.1, -0.05) is 118 Å². The summed E-state index contributed by atoms with van der Waals surface area (Å²) in [7, 11) is 0. The maximum absolute atomic E-state index is 6.99. The number of hydrogen-bond acceptors (Lipinski definition) is 3. The molecule has 0 bridgehead atoms. The first-order valence-electron chi connectivity index (χ1n) is 21.2. The maximum Gasteiger partial charge on any atom is 0.256 e. The van der Waals surface area contributed by atoms with E-state index in [0.717, 1.165) is 56.7 Å². The number of aromatic nitrogens is 1. The van der Waals surface area contributed by atoms with E-state index in [0.29, 0.717) is 0 Å². The van der Waals surface area contributed by atoms with Crippen LogP contribution < -0.4 is 30.9 Å². The van der Waals surface area contributed by atoms with Gasteiger partial charge >= 0.3 is 0 Å². The number of fused-ring (bicyclic) bond motifs is 8. The van der Waals surface area contributed by atoms with Gasteiger partial charge in [-0.25, -0.2) is 0 Å². The van der Waals surface area contributed by atoms with Gasteiger partial charge < -0.3 is 19.1 Å². The van der Waals surface area contributed by atoms with Crippen LogP contribution in [-0.2, 0) is 5.41 Å². The topological polar surface area (TPSA) is 20.6 Å². The number of para-hydroxylation sites is 4. The lowest BCUT2D eigenvalue weighted by Crippen LogP contribution is -2.59. The van der Waals surface area contributed by atoms with Crippen LogP contribution in [0.3, 0.4) is 0 Å². The predicted molar refractivity (Wildman–Crippen MR) is 258 cm³/mol. The molecule has 290 valence electrons. The predicted octanol–water partition coefficient (Wildman–Crippen LogP) is 13.1. The minimum atomic E-state index is 0.000752. The van der Waals surface area contributed by atoms with Gasteiger partial charge in [0.15, 0.2) is 0 Å². The molecule has 0 atom stereocenters. The van der Waals surface area contributed by atoms with Crippen molar-refractivity contribution in [3.63, 3.8) is 0 Å². The van der Waals surface area contributed by atoms with Gasteiger partial charge in [-0.3, -0.25) is 0 Å². The fourth-order valence-electron chi connectivity index (χ4n) is 9.86. The lowest BCUT2D eigenvalue weighted by atomic mass is 9.34. The molecule has 10 aromatic rings. The SMILES string of the molecule is CC(C)(C)c1ccc(N(c2ccccc2)c2ccc3cc4c5cc6c(cc5n(-c5ccccc5)c4cc3c2)B2c3ccccc3N(c3ccccc3)c3cccc(c32)O6)cc1. The summed E-state index contributed by atoms with van der Waals surface area (Å²) in [5, 5.41) is 4.73.